The Morgan fingerprint density at radius 2 is 2.19 bits per heavy atom. The first-order chi connectivity index (χ1) is 7.60. The van der Waals surface area contributed by atoms with Gasteiger partial charge in [-0.15, -0.1) is 0 Å². The van der Waals surface area contributed by atoms with Crippen molar-refractivity contribution in [3.8, 4) is 0 Å². The second kappa shape index (κ2) is 6.03. The highest BCUT2D eigenvalue weighted by molar-refractivity contribution is 9.10. The summed E-state index contributed by atoms with van der Waals surface area (Å²) in [6, 6.07) is 0.427. The van der Waals surface area contributed by atoms with Crippen LogP contribution in [0.15, 0.2) is 10.7 Å². The van der Waals surface area contributed by atoms with Crippen LogP contribution in [-0.4, -0.2) is 29.6 Å². The molecular weight excluding hydrogens is 268 g/mol. The van der Waals surface area contributed by atoms with Crippen LogP contribution in [-0.2, 0) is 0 Å². The van der Waals surface area contributed by atoms with Crippen molar-refractivity contribution >= 4 is 27.7 Å². The molecule has 0 aliphatic carbocycles. The minimum Gasteiger partial charge on any atom is -0.357 e. The summed E-state index contributed by atoms with van der Waals surface area (Å²) in [5, 5.41) is 2.96. The molecule has 90 valence electrons. The third kappa shape index (κ3) is 3.07. The Labute approximate surface area is 106 Å². The van der Waals surface area contributed by atoms with Crippen LogP contribution in [0.2, 0.25) is 0 Å². The lowest BCUT2D eigenvalue weighted by Crippen LogP contribution is -2.32. The molecule has 0 amide bonds. The fourth-order valence-electron chi connectivity index (χ4n) is 1.53. The molecule has 0 radical (unpaired) electrons. The molecule has 0 fully saturated rings. The first kappa shape index (κ1) is 13.2. The Hall–Kier alpha value is -0.840. The van der Waals surface area contributed by atoms with Crippen molar-refractivity contribution in [3.63, 3.8) is 0 Å². The first-order valence-electron chi connectivity index (χ1n) is 5.57. The van der Waals surface area contributed by atoms with Crippen molar-refractivity contribution in [3.05, 3.63) is 10.7 Å². The van der Waals surface area contributed by atoms with Crippen molar-refractivity contribution in [2.24, 2.45) is 0 Å². The minimum absolute atomic E-state index is 0.427. The number of hydrogen-bond donors (Lipinski definition) is 1. The van der Waals surface area contributed by atoms with E-state index in [0.29, 0.717) is 12.0 Å². The van der Waals surface area contributed by atoms with Crippen LogP contribution in [0, 0.1) is 0 Å². The maximum Gasteiger partial charge on any atom is 0.224 e. The lowest BCUT2D eigenvalue weighted by atomic mass is 10.3. The Morgan fingerprint density at radius 3 is 2.69 bits per heavy atom. The third-order valence-electron chi connectivity index (χ3n) is 2.31. The molecule has 0 spiro atoms. The highest BCUT2D eigenvalue weighted by atomic mass is 79.9. The Bertz CT molecular complexity index is 341. The highest BCUT2D eigenvalue weighted by Gasteiger charge is 2.15. The van der Waals surface area contributed by atoms with Gasteiger partial charge in [-0.25, -0.2) is 4.98 Å². The molecule has 0 atom stereocenters. The number of anilines is 2. The Kier molecular flexibility index (Phi) is 4.99. The topological polar surface area (TPSA) is 41.1 Å². The van der Waals surface area contributed by atoms with Gasteiger partial charge in [0.15, 0.2) is 0 Å². The molecule has 0 aliphatic heterocycles. The molecule has 1 heterocycles. The van der Waals surface area contributed by atoms with Gasteiger partial charge in [0.2, 0.25) is 5.95 Å². The zero-order valence-corrected chi connectivity index (χ0v) is 11.9. The molecule has 4 nitrogen and oxygen atoms in total. The molecule has 0 saturated carbocycles. The predicted molar refractivity (Wildman–Crippen MR) is 72.1 cm³/mol. The summed E-state index contributed by atoms with van der Waals surface area (Å²) >= 11 is 3.50. The molecule has 0 aromatic carbocycles. The van der Waals surface area contributed by atoms with Crippen molar-refractivity contribution in [2.75, 3.05) is 23.8 Å². The van der Waals surface area contributed by atoms with Crippen molar-refractivity contribution in [1.29, 1.82) is 0 Å². The van der Waals surface area contributed by atoms with E-state index in [-0.39, 0.29) is 0 Å². The summed E-state index contributed by atoms with van der Waals surface area (Å²) < 4.78 is 0.939. The number of nitrogens with zero attached hydrogens (tertiary/aromatic N) is 3. The van der Waals surface area contributed by atoms with Crippen LogP contribution >= 0.6 is 15.9 Å². The van der Waals surface area contributed by atoms with Crippen LogP contribution < -0.4 is 10.2 Å². The summed E-state index contributed by atoms with van der Waals surface area (Å²) in [6.07, 6.45) is 2.89. The van der Waals surface area contributed by atoms with Crippen molar-refractivity contribution in [2.45, 2.75) is 33.2 Å². The predicted octanol–water partition coefficient (Wildman–Crippen LogP) is 2.91. The highest BCUT2D eigenvalue weighted by Crippen LogP contribution is 2.25. The van der Waals surface area contributed by atoms with Gasteiger partial charge in [0.05, 0.1) is 4.47 Å². The van der Waals surface area contributed by atoms with Crippen LogP contribution in [0.5, 0.6) is 0 Å². The molecule has 0 bridgehead atoms. The minimum atomic E-state index is 0.427. The van der Waals surface area contributed by atoms with Gasteiger partial charge >= 0.3 is 0 Å². The summed E-state index contributed by atoms with van der Waals surface area (Å²) in [4.78, 5) is 10.9. The summed E-state index contributed by atoms with van der Waals surface area (Å²) in [6.45, 7) is 7.51. The molecular formula is C11H19BrN4. The van der Waals surface area contributed by atoms with Gasteiger partial charge in [-0.05, 0) is 36.2 Å². The van der Waals surface area contributed by atoms with Crippen LogP contribution in [0.4, 0.5) is 11.8 Å². The van der Waals surface area contributed by atoms with E-state index in [0.717, 1.165) is 23.3 Å². The number of hydrogen-bond acceptors (Lipinski definition) is 4. The van der Waals surface area contributed by atoms with Gasteiger partial charge in [-0.2, -0.15) is 4.98 Å². The SMILES string of the molecule is CCCN(c1nc(NC)ncc1Br)C(C)C. The zero-order valence-electron chi connectivity index (χ0n) is 10.3. The lowest BCUT2D eigenvalue weighted by molar-refractivity contribution is 0.660. The molecule has 1 rings (SSSR count). The fourth-order valence-corrected chi connectivity index (χ4v) is 1.95. The van der Waals surface area contributed by atoms with Gasteiger partial charge < -0.3 is 10.2 Å². The molecule has 0 saturated heterocycles. The monoisotopic (exact) mass is 286 g/mol. The fraction of sp³-hybridized carbons (Fsp3) is 0.636. The Balaban J connectivity index is 3.06. The molecule has 1 aromatic rings. The van der Waals surface area contributed by atoms with Crippen molar-refractivity contribution < 1.29 is 0 Å². The van der Waals surface area contributed by atoms with E-state index in [1.807, 2.05) is 7.05 Å². The van der Waals surface area contributed by atoms with Crippen molar-refractivity contribution in [1.82, 2.24) is 9.97 Å². The van der Waals surface area contributed by atoms with Gasteiger partial charge in [0.1, 0.15) is 5.82 Å². The summed E-state index contributed by atoms with van der Waals surface area (Å²) in [5.74, 6) is 1.61. The van der Waals surface area contributed by atoms with E-state index in [9.17, 15) is 0 Å². The lowest BCUT2D eigenvalue weighted by Gasteiger charge is -2.28. The second-order valence-corrected chi connectivity index (χ2v) is 4.76. The van der Waals surface area contributed by atoms with Crippen LogP contribution in [0.3, 0.4) is 0 Å². The number of rotatable bonds is 5. The van der Waals surface area contributed by atoms with E-state index in [1.54, 1.807) is 6.20 Å². The molecule has 0 unspecified atom stereocenters. The summed E-state index contributed by atoms with van der Waals surface area (Å²) in [7, 11) is 1.83. The number of aromatic nitrogens is 2. The largest absolute Gasteiger partial charge is 0.357 e. The maximum absolute atomic E-state index is 4.49. The van der Waals surface area contributed by atoms with Gasteiger partial charge in [0.25, 0.3) is 0 Å². The van der Waals surface area contributed by atoms with Crippen LogP contribution in [0.1, 0.15) is 27.2 Å². The van der Waals surface area contributed by atoms with Gasteiger partial charge in [0, 0.05) is 25.8 Å². The zero-order chi connectivity index (χ0) is 12.1. The average molecular weight is 287 g/mol. The molecule has 16 heavy (non-hydrogen) atoms. The molecule has 1 aromatic heterocycles. The smallest absolute Gasteiger partial charge is 0.224 e. The standard InChI is InChI=1S/C11H19BrN4/c1-5-6-16(8(2)3)10-9(12)7-14-11(13-4)15-10/h7-8H,5-6H2,1-4H3,(H,13,14,15). The van der Waals surface area contributed by atoms with E-state index < -0.39 is 0 Å². The number of halogens is 1. The quantitative estimate of drug-likeness (QED) is 0.904. The van der Waals surface area contributed by atoms with Gasteiger partial charge in [-0.1, -0.05) is 6.92 Å². The second-order valence-electron chi connectivity index (χ2n) is 3.90. The number of nitrogens with one attached hydrogen (secondary N) is 1. The van der Waals surface area contributed by atoms with Gasteiger partial charge in [-0.3, -0.25) is 0 Å². The van der Waals surface area contributed by atoms with E-state index in [2.05, 4.69) is 56.9 Å². The molecule has 5 heteroatoms. The average Bonchev–Trinajstić information content (AvgIpc) is 2.27. The van der Waals surface area contributed by atoms with E-state index in [4.69, 9.17) is 0 Å². The maximum atomic E-state index is 4.49. The first-order valence-corrected chi connectivity index (χ1v) is 6.36. The van der Waals surface area contributed by atoms with Crippen LogP contribution in [0.25, 0.3) is 0 Å². The summed E-state index contributed by atoms with van der Waals surface area (Å²) in [5.41, 5.74) is 0. The van der Waals surface area contributed by atoms with E-state index >= 15 is 0 Å². The Morgan fingerprint density at radius 1 is 1.50 bits per heavy atom. The molecule has 0 aliphatic rings. The third-order valence-corrected chi connectivity index (χ3v) is 2.87. The van der Waals surface area contributed by atoms with E-state index in [1.165, 1.54) is 0 Å². The molecule has 1 N–H and O–H groups in total. The normalized spacial score (nSPS) is 10.6.